The average Bonchev–Trinajstić information content (AvgIpc) is 2.99. The first-order valence-corrected chi connectivity index (χ1v) is 9.93. The number of benzene rings is 2. The number of aromatic nitrogens is 3. The monoisotopic (exact) mass is 387 g/mol. The lowest BCUT2D eigenvalue weighted by molar-refractivity contribution is 0.297. The number of hydrogen-bond donors (Lipinski definition) is 0. The molecule has 1 aliphatic rings. The second-order valence-corrected chi connectivity index (χ2v) is 7.43. The van der Waals surface area contributed by atoms with Crippen molar-refractivity contribution in [2.75, 3.05) is 13.2 Å². The maximum absolute atomic E-state index is 5.83. The molecule has 0 atom stereocenters. The van der Waals surface area contributed by atoms with Gasteiger partial charge in [0.15, 0.2) is 17.3 Å². The highest BCUT2D eigenvalue weighted by Gasteiger charge is 2.14. The molecule has 0 saturated heterocycles. The Labute approximate surface area is 166 Å². The standard InChI is InChI=1S/C22H17N3O2S/c1-2-7-18-17(6-1)22(25-21(24-18)15-5-3-10-23-14-15)28-16-8-9-19-20(13-16)27-12-4-11-26-19/h1-3,5-10,13-14H,4,11-12H2. The number of fused-ring (bicyclic) bond motifs is 2. The smallest absolute Gasteiger partial charge is 0.162 e. The quantitative estimate of drug-likeness (QED) is 0.461. The molecule has 6 heteroatoms. The summed E-state index contributed by atoms with van der Waals surface area (Å²) in [7, 11) is 0. The fourth-order valence-electron chi connectivity index (χ4n) is 3.07. The van der Waals surface area contributed by atoms with Gasteiger partial charge in [-0.1, -0.05) is 30.0 Å². The van der Waals surface area contributed by atoms with Crippen molar-refractivity contribution in [2.45, 2.75) is 16.3 Å². The lowest BCUT2D eigenvalue weighted by atomic mass is 10.2. The lowest BCUT2D eigenvalue weighted by Crippen LogP contribution is -1.97. The summed E-state index contributed by atoms with van der Waals surface area (Å²) >= 11 is 1.60. The van der Waals surface area contributed by atoms with Crippen molar-refractivity contribution in [3.05, 3.63) is 67.0 Å². The largest absolute Gasteiger partial charge is 0.490 e. The van der Waals surface area contributed by atoms with Gasteiger partial charge >= 0.3 is 0 Å². The number of hydrogen-bond acceptors (Lipinski definition) is 6. The van der Waals surface area contributed by atoms with Crippen LogP contribution in [0, 0.1) is 0 Å². The van der Waals surface area contributed by atoms with Crippen LogP contribution in [0.3, 0.4) is 0 Å². The first-order valence-electron chi connectivity index (χ1n) is 9.11. The maximum atomic E-state index is 5.83. The predicted molar refractivity (Wildman–Crippen MR) is 109 cm³/mol. The van der Waals surface area contributed by atoms with Crippen LogP contribution < -0.4 is 9.47 Å². The Bertz CT molecular complexity index is 1140. The fraction of sp³-hybridized carbons (Fsp3) is 0.136. The van der Waals surface area contributed by atoms with Crippen LogP contribution >= 0.6 is 11.8 Å². The van der Waals surface area contributed by atoms with Crippen LogP contribution in [0.15, 0.2) is 76.9 Å². The van der Waals surface area contributed by atoms with Gasteiger partial charge in [-0.3, -0.25) is 4.98 Å². The molecule has 2 aromatic carbocycles. The fourth-order valence-corrected chi connectivity index (χ4v) is 4.01. The second kappa shape index (κ2) is 7.48. The molecule has 3 heterocycles. The van der Waals surface area contributed by atoms with Gasteiger partial charge in [0.2, 0.25) is 0 Å². The molecule has 0 N–H and O–H groups in total. The molecular weight excluding hydrogens is 370 g/mol. The first kappa shape index (κ1) is 17.0. The van der Waals surface area contributed by atoms with E-state index < -0.39 is 0 Å². The summed E-state index contributed by atoms with van der Waals surface area (Å²) in [6.07, 6.45) is 4.42. The van der Waals surface area contributed by atoms with Gasteiger partial charge in [0.1, 0.15) is 5.03 Å². The number of para-hydroxylation sites is 1. The van der Waals surface area contributed by atoms with Gasteiger partial charge in [-0.05, 0) is 36.4 Å². The predicted octanol–water partition coefficient (Wildman–Crippen LogP) is 5.00. The third kappa shape index (κ3) is 3.39. The molecule has 4 aromatic rings. The zero-order valence-electron chi connectivity index (χ0n) is 15.0. The molecule has 0 aliphatic carbocycles. The minimum Gasteiger partial charge on any atom is -0.490 e. The second-order valence-electron chi connectivity index (χ2n) is 6.37. The molecule has 5 rings (SSSR count). The summed E-state index contributed by atoms with van der Waals surface area (Å²) in [4.78, 5) is 14.8. The van der Waals surface area contributed by atoms with Crippen molar-refractivity contribution in [1.29, 1.82) is 0 Å². The minimum atomic E-state index is 0.669. The molecule has 0 spiro atoms. The Morgan fingerprint density at radius 3 is 2.64 bits per heavy atom. The van der Waals surface area contributed by atoms with Crippen molar-refractivity contribution < 1.29 is 9.47 Å². The average molecular weight is 387 g/mol. The van der Waals surface area contributed by atoms with Crippen molar-refractivity contribution in [3.63, 3.8) is 0 Å². The zero-order valence-corrected chi connectivity index (χ0v) is 15.9. The first-order chi connectivity index (χ1) is 13.9. The van der Waals surface area contributed by atoms with E-state index in [1.54, 1.807) is 24.2 Å². The summed E-state index contributed by atoms with van der Waals surface area (Å²) in [5.74, 6) is 2.25. The van der Waals surface area contributed by atoms with Gasteiger partial charge in [0.25, 0.3) is 0 Å². The number of ether oxygens (including phenoxy) is 2. The van der Waals surface area contributed by atoms with Crippen molar-refractivity contribution >= 4 is 22.7 Å². The number of nitrogens with zero attached hydrogens (tertiary/aromatic N) is 3. The molecular formula is C22H17N3O2S. The Balaban J connectivity index is 1.57. The van der Waals surface area contributed by atoms with E-state index >= 15 is 0 Å². The van der Waals surface area contributed by atoms with Gasteiger partial charge in [0.05, 0.1) is 18.7 Å². The maximum Gasteiger partial charge on any atom is 0.162 e. The molecule has 5 nitrogen and oxygen atoms in total. The van der Waals surface area contributed by atoms with E-state index in [0.29, 0.717) is 19.0 Å². The molecule has 0 radical (unpaired) electrons. The Morgan fingerprint density at radius 2 is 1.75 bits per heavy atom. The molecule has 2 aromatic heterocycles. The molecule has 138 valence electrons. The van der Waals surface area contributed by atoms with Crippen LogP contribution in [0.5, 0.6) is 11.5 Å². The van der Waals surface area contributed by atoms with Crippen LogP contribution in [-0.2, 0) is 0 Å². The molecule has 0 bridgehead atoms. The van der Waals surface area contributed by atoms with E-state index in [-0.39, 0.29) is 0 Å². The zero-order chi connectivity index (χ0) is 18.8. The summed E-state index contributed by atoms with van der Waals surface area (Å²) in [5, 5.41) is 1.92. The highest BCUT2D eigenvalue weighted by molar-refractivity contribution is 7.99. The SMILES string of the molecule is c1cncc(-c2nc(Sc3ccc4c(c3)OCCCO4)c3ccccc3n2)c1. The molecule has 0 fully saturated rings. The van der Waals surface area contributed by atoms with Gasteiger partial charge in [-0.15, -0.1) is 0 Å². The van der Waals surface area contributed by atoms with Gasteiger partial charge in [0, 0.05) is 34.7 Å². The van der Waals surface area contributed by atoms with Crippen LogP contribution in [-0.4, -0.2) is 28.2 Å². The Morgan fingerprint density at radius 1 is 0.857 bits per heavy atom. The van der Waals surface area contributed by atoms with Gasteiger partial charge in [-0.25, -0.2) is 9.97 Å². The highest BCUT2D eigenvalue weighted by Crippen LogP contribution is 2.38. The summed E-state index contributed by atoms with van der Waals surface area (Å²) in [6.45, 7) is 1.35. The normalized spacial score (nSPS) is 13.3. The summed E-state index contributed by atoms with van der Waals surface area (Å²) in [6, 6.07) is 17.9. The van der Waals surface area contributed by atoms with Crippen LogP contribution in [0.2, 0.25) is 0 Å². The van der Waals surface area contributed by atoms with Gasteiger partial charge < -0.3 is 9.47 Å². The van der Waals surface area contributed by atoms with Crippen LogP contribution in [0.25, 0.3) is 22.3 Å². The molecule has 1 aliphatic heterocycles. The molecule has 0 unspecified atom stereocenters. The molecule has 0 amide bonds. The topological polar surface area (TPSA) is 57.1 Å². The minimum absolute atomic E-state index is 0.669. The summed E-state index contributed by atoms with van der Waals surface area (Å²) < 4.78 is 11.6. The van der Waals surface area contributed by atoms with E-state index in [1.807, 2.05) is 54.6 Å². The van der Waals surface area contributed by atoms with Crippen LogP contribution in [0.4, 0.5) is 0 Å². The van der Waals surface area contributed by atoms with E-state index in [1.165, 1.54) is 0 Å². The number of rotatable bonds is 3. The molecule has 0 saturated carbocycles. The Kier molecular flexibility index (Phi) is 4.54. The molecule has 28 heavy (non-hydrogen) atoms. The van der Waals surface area contributed by atoms with Crippen molar-refractivity contribution in [1.82, 2.24) is 15.0 Å². The van der Waals surface area contributed by atoms with E-state index in [9.17, 15) is 0 Å². The Hall–Kier alpha value is -3.12. The third-order valence-corrected chi connectivity index (χ3v) is 5.42. The van der Waals surface area contributed by atoms with E-state index in [2.05, 4.69) is 4.98 Å². The van der Waals surface area contributed by atoms with Gasteiger partial charge in [-0.2, -0.15) is 0 Å². The summed E-state index contributed by atoms with van der Waals surface area (Å²) in [5.41, 5.74) is 1.81. The van der Waals surface area contributed by atoms with Crippen molar-refractivity contribution in [3.8, 4) is 22.9 Å². The van der Waals surface area contributed by atoms with E-state index in [4.69, 9.17) is 19.4 Å². The van der Waals surface area contributed by atoms with E-state index in [0.717, 1.165) is 44.3 Å². The number of pyridine rings is 1. The third-order valence-electron chi connectivity index (χ3n) is 4.42. The van der Waals surface area contributed by atoms with Crippen LogP contribution in [0.1, 0.15) is 6.42 Å². The highest BCUT2D eigenvalue weighted by atomic mass is 32.2. The lowest BCUT2D eigenvalue weighted by Gasteiger charge is -2.11. The van der Waals surface area contributed by atoms with Crippen molar-refractivity contribution in [2.24, 2.45) is 0 Å².